The van der Waals surface area contributed by atoms with Crippen molar-refractivity contribution in [2.24, 2.45) is 5.73 Å². The van der Waals surface area contributed by atoms with Crippen LogP contribution in [0.2, 0.25) is 0 Å². The van der Waals surface area contributed by atoms with Gasteiger partial charge in [0.2, 0.25) is 5.91 Å². The molecule has 12 heavy (non-hydrogen) atoms. The molecule has 6 N–H and O–H groups in total. The van der Waals surface area contributed by atoms with E-state index >= 15 is 0 Å². The summed E-state index contributed by atoms with van der Waals surface area (Å²) < 4.78 is 0. The van der Waals surface area contributed by atoms with Crippen LogP contribution in [-0.4, -0.2) is 39.5 Å². The molecule has 6 nitrogen and oxygen atoms in total. The van der Waals surface area contributed by atoms with Crippen molar-refractivity contribution in [1.29, 1.82) is 0 Å². The second-order valence-corrected chi connectivity index (χ2v) is 1.91. The van der Waals surface area contributed by atoms with Crippen molar-refractivity contribution in [3.8, 4) is 0 Å². The molecule has 0 heterocycles. The van der Waals surface area contributed by atoms with Crippen molar-refractivity contribution >= 4 is 13.2 Å². The third kappa shape index (κ3) is 11.9. The van der Waals surface area contributed by atoms with Crippen molar-refractivity contribution in [1.82, 2.24) is 0 Å². The van der Waals surface area contributed by atoms with Gasteiger partial charge in [0.15, 0.2) is 0 Å². The molecule has 0 bridgehead atoms. The topological polar surface area (TPSA) is 124 Å². The molecule has 1 unspecified atom stereocenters. The second kappa shape index (κ2) is 6.80. The molecule has 1 atom stereocenters. The standard InChI is InChI=1S/C5H9NO2.BH3O3/c1-3(4(2)7)5(6)8;2-1(3)4/h4,7H,1H2,2H3,(H2,6,8);2-4H. The van der Waals surface area contributed by atoms with Crippen LogP contribution in [0.1, 0.15) is 6.92 Å². The van der Waals surface area contributed by atoms with E-state index in [0.29, 0.717) is 0 Å². The fraction of sp³-hybridized carbons (Fsp3) is 0.400. The van der Waals surface area contributed by atoms with Crippen molar-refractivity contribution < 1.29 is 25.0 Å². The lowest BCUT2D eigenvalue weighted by Gasteiger charge is -2.00. The Morgan fingerprint density at radius 2 is 1.75 bits per heavy atom. The number of primary amides is 1. The maximum atomic E-state index is 10.1. The molecular weight excluding hydrogens is 165 g/mol. The summed E-state index contributed by atoms with van der Waals surface area (Å²) in [5, 5.41) is 30.1. The second-order valence-electron chi connectivity index (χ2n) is 1.91. The predicted molar refractivity (Wildman–Crippen MR) is 42.4 cm³/mol. The van der Waals surface area contributed by atoms with Gasteiger partial charge in [0.1, 0.15) is 0 Å². The number of nitrogens with two attached hydrogens (primary N) is 1. The number of aliphatic hydroxyl groups is 1. The molecule has 0 saturated carbocycles. The van der Waals surface area contributed by atoms with Gasteiger partial charge in [-0.2, -0.15) is 0 Å². The third-order valence-corrected chi connectivity index (χ3v) is 0.821. The number of carbonyl (C=O) groups is 1. The Balaban J connectivity index is 0. The highest BCUT2D eigenvalue weighted by molar-refractivity contribution is 6.30. The molecule has 70 valence electrons. The average molecular weight is 177 g/mol. The zero-order chi connectivity index (χ0) is 10.3. The molecule has 0 rings (SSSR count). The van der Waals surface area contributed by atoms with Gasteiger partial charge in [-0.25, -0.2) is 0 Å². The monoisotopic (exact) mass is 177 g/mol. The number of rotatable bonds is 2. The summed E-state index contributed by atoms with van der Waals surface area (Å²) >= 11 is 0. The summed E-state index contributed by atoms with van der Waals surface area (Å²) in [5.41, 5.74) is 4.78. The largest absolute Gasteiger partial charge is 0.631 e. The van der Waals surface area contributed by atoms with Crippen LogP contribution in [0.4, 0.5) is 0 Å². The Bertz CT molecular complexity index is 155. The summed E-state index contributed by atoms with van der Waals surface area (Å²) in [7, 11) is -2.17. The van der Waals surface area contributed by atoms with E-state index < -0.39 is 19.3 Å². The summed E-state index contributed by atoms with van der Waals surface area (Å²) in [6.45, 7) is 4.67. The molecular formula is C5H12BNO5. The first-order valence-corrected chi connectivity index (χ1v) is 3.00. The zero-order valence-electron chi connectivity index (χ0n) is 6.64. The van der Waals surface area contributed by atoms with Crippen LogP contribution in [0.5, 0.6) is 0 Å². The fourth-order valence-corrected chi connectivity index (χ4v) is 0.206. The Labute approximate surface area is 70.1 Å². The van der Waals surface area contributed by atoms with Crippen molar-refractivity contribution in [3.63, 3.8) is 0 Å². The van der Waals surface area contributed by atoms with Crippen LogP contribution >= 0.6 is 0 Å². The lowest BCUT2D eigenvalue weighted by atomic mass is 10.2. The minimum atomic E-state index is -2.17. The number of aliphatic hydroxyl groups excluding tert-OH is 1. The molecule has 0 aliphatic heterocycles. The molecule has 0 aliphatic carbocycles. The fourth-order valence-electron chi connectivity index (χ4n) is 0.206. The van der Waals surface area contributed by atoms with Gasteiger partial charge in [-0.3, -0.25) is 4.79 Å². The van der Waals surface area contributed by atoms with Gasteiger partial charge in [-0.1, -0.05) is 6.58 Å². The highest BCUT2D eigenvalue weighted by atomic mass is 16.5. The molecule has 7 heteroatoms. The van der Waals surface area contributed by atoms with Gasteiger partial charge < -0.3 is 25.9 Å². The minimum Gasteiger partial charge on any atom is -0.402 e. The minimum absolute atomic E-state index is 0.0463. The van der Waals surface area contributed by atoms with Gasteiger partial charge >= 0.3 is 7.32 Å². The third-order valence-electron chi connectivity index (χ3n) is 0.821. The molecule has 0 radical (unpaired) electrons. The normalized spacial score (nSPS) is 10.8. The van der Waals surface area contributed by atoms with Crippen LogP contribution in [0.15, 0.2) is 12.2 Å². The van der Waals surface area contributed by atoms with Crippen LogP contribution in [0, 0.1) is 0 Å². The van der Waals surface area contributed by atoms with Crippen LogP contribution in [0.25, 0.3) is 0 Å². The van der Waals surface area contributed by atoms with Crippen LogP contribution in [-0.2, 0) is 4.79 Å². The van der Waals surface area contributed by atoms with E-state index in [1.54, 1.807) is 0 Å². The molecule has 0 spiro atoms. The molecule has 0 fully saturated rings. The molecule has 0 aromatic carbocycles. The summed E-state index contributed by atoms with van der Waals surface area (Å²) in [4.78, 5) is 10.1. The van der Waals surface area contributed by atoms with Gasteiger partial charge in [0.25, 0.3) is 0 Å². The van der Waals surface area contributed by atoms with E-state index in [-0.39, 0.29) is 5.57 Å². The number of hydrogen-bond acceptors (Lipinski definition) is 5. The van der Waals surface area contributed by atoms with Crippen molar-refractivity contribution in [2.45, 2.75) is 13.0 Å². The number of amides is 1. The Hall–Kier alpha value is -0.885. The molecule has 1 amide bonds. The Morgan fingerprint density at radius 3 is 1.75 bits per heavy atom. The highest BCUT2D eigenvalue weighted by Gasteiger charge is 2.05. The van der Waals surface area contributed by atoms with E-state index in [9.17, 15) is 4.79 Å². The molecule has 0 saturated heterocycles. The first kappa shape index (κ1) is 13.7. The smallest absolute Gasteiger partial charge is 0.402 e. The summed E-state index contributed by atoms with van der Waals surface area (Å²) in [6, 6.07) is 0. The molecule has 0 aromatic rings. The maximum absolute atomic E-state index is 10.1. The molecule has 0 aliphatic rings. The van der Waals surface area contributed by atoms with E-state index in [1.807, 2.05) is 0 Å². The van der Waals surface area contributed by atoms with Gasteiger partial charge in [0.05, 0.1) is 6.10 Å². The van der Waals surface area contributed by atoms with E-state index in [4.69, 9.17) is 25.9 Å². The lowest BCUT2D eigenvalue weighted by molar-refractivity contribution is -0.115. The number of carbonyl (C=O) groups excluding carboxylic acids is 1. The van der Waals surface area contributed by atoms with Gasteiger partial charge in [0, 0.05) is 5.57 Å². The first-order chi connectivity index (χ1) is 5.29. The maximum Gasteiger partial charge on any atom is 0.631 e. The van der Waals surface area contributed by atoms with E-state index in [0.717, 1.165) is 0 Å². The number of hydrogen-bond donors (Lipinski definition) is 5. The van der Waals surface area contributed by atoms with Crippen LogP contribution in [0.3, 0.4) is 0 Å². The summed E-state index contributed by atoms with van der Waals surface area (Å²) in [5.74, 6) is -0.653. The quantitative estimate of drug-likeness (QED) is 0.233. The first-order valence-electron chi connectivity index (χ1n) is 3.00. The van der Waals surface area contributed by atoms with Crippen LogP contribution < -0.4 is 5.73 Å². The van der Waals surface area contributed by atoms with Gasteiger partial charge in [-0.05, 0) is 6.92 Å². The predicted octanol–water partition coefficient (Wildman–Crippen LogP) is -2.64. The Kier molecular flexibility index (Phi) is 7.76. The van der Waals surface area contributed by atoms with Crippen molar-refractivity contribution in [3.05, 3.63) is 12.2 Å². The lowest BCUT2D eigenvalue weighted by Crippen LogP contribution is -2.20. The SMILES string of the molecule is C=C(C(N)=O)C(C)O.OB(O)O. The summed E-state index contributed by atoms with van der Waals surface area (Å²) in [6.07, 6.45) is -0.826. The Morgan fingerprint density at radius 1 is 1.50 bits per heavy atom. The van der Waals surface area contributed by atoms with Crippen molar-refractivity contribution in [2.75, 3.05) is 0 Å². The highest BCUT2D eigenvalue weighted by Crippen LogP contribution is 1.94. The van der Waals surface area contributed by atoms with E-state index in [1.165, 1.54) is 6.92 Å². The average Bonchev–Trinajstić information content (AvgIpc) is 1.84. The zero-order valence-corrected chi connectivity index (χ0v) is 6.64. The van der Waals surface area contributed by atoms with E-state index in [2.05, 4.69) is 6.58 Å². The molecule has 0 aromatic heterocycles. The van der Waals surface area contributed by atoms with Gasteiger partial charge in [-0.15, -0.1) is 0 Å².